The molecule has 0 spiro atoms. The third kappa shape index (κ3) is 6.57. The third-order valence-electron chi connectivity index (χ3n) is 2.52. The lowest BCUT2D eigenvalue weighted by atomic mass is 10.1. The molecule has 0 saturated carbocycles. The molecule has 0 atom stereocenters. The van der Waals surface area contributed by atoms with E-state index in [4.69, 9.17) is 5.73 Å². The SMILES string of the molecule is CC(C)NCCC(=O)Nc1ccc(CC(N)=O)cc1. The van der Waals surface area contributed by atoms with Crippen LogP contribution in [-0.2, 0) is 16.0 Å². The average molecular weight is 263 g/mol. The van der Waals surface area contributed by atoms with Crippen LogP contribution in [0.4, 0.5) is 5.69 Å². The lowest BCUT2D eigenvalue weighted by Gasteiger charge is -2.09. The van der Waals surface area contributed by atoms with Gasteiger partial charge in [0, 0.05) is 24.7 Å². The Bertz CT molecular complexity index is 427. The molecule has 1 aromatic rings. The first-order chi connectivity index (χ1) is 8.97. The highest BCUT2D eigenvalue weighted by Gasteiger charge is 2.03. The van der Waals surface area contributed by atoms with Crippen molar-refractivity contribution in [3.63, 3.8) is 0 Å². The minimum Gasteiger partial charge on any atom is -0.369 e. The van der Waals surface area contributed by atoms with Gasteiger partial charge >= 0.3 is 0 Å². The van der Waals surface area contributed by atoms with Crippen molar-refractivity contribution in [2.24, 2.45) is 5.73 Å². The lowest BCUT2D eigenvalue weighted by molar-refractivity contribution is -0.117. The van der Waals surface area contributed by atoms with E-state index >= 15 is 0 Å². The number of nitrogens with one attached hydrogen (secondary N) is 2. The van der Waals surface area contributed by atoms with Crippen molar-refractivity contribution in [2.75, 3.05) is 11.9 Å². The molecule has 0 heterocycles. The third-order valence-corrected chi connectivity index (χ3v) is 2.52. The molecule has 5 heteroatoms. The summed E-state index contributed by atoms with van der Waals surface area (Å²) in [5.41, 5.74) is 6.67. The zero-order valence-electron chi connectivity index (χ0n) is 11.4. The van der Waals surface area contributed by atoms with Gasteiger partial charge < -0.3 is 16.4 Å². The summed E-state index contributed by atoms with van der Waals surface area (Å²) in [6.07, 6.45) is 0.647. The van der Waals surface area contributed by atoms with Gasteiger partial charge in [0.1, 0.15) is 0 Å². The van der Waals surface area contributed by atoms with Gasteiger partial charge in [-0.1, -0.05) is 26.0 Å². The van der Waals surface area contributed by atoms with Crippen LogP contribution in [-0.4, -0.2) is 24.4 Å². The number of nitrogens with two attached hydrogens (primary N) is 1. The van der Waals surface area contributed by atoms with E-state index < -0.39 is 0 Å². The van der Waals surface area contributed by atoms with E-state index in [0.717, 1.165) is 11.3 Å². The first-order valence-electron chi connectivity index (χ1n) is 6.38. The molecule has 0 aliphatic rings. The highest BCUT2D eigenvalue weighted by Crippen LogP contribution is 2.10. The zero-order valence-corrected chi connectivity index (χ0v) is 11.4. The van der Waals surface area contributed by atoms with Gasteiger partial charge in [0.15, 0.2) is 0 Å². The van der Waals surface area contributed by atoms with E-state index in [2.05, 4.69) is 10.6 Å². The van der Waals surface area contributed by atoms with Crippen molar-refractivity contribution in [3.05, 3.63) is 29.8 Å². The van der Waals surface area contributed by atoms with Crippen LogP contribution in [0.2, 0.25) is 0 Å². The predicted octanol–water partition coefficient (Wildman–Crippen LogP) is 1.04. The number of primary amides is 1. The number of amides is 2. The van der Waals surface area contributed by atoms with Gasteiger partial charge in [0.25, 0.3) is 0 Å². The van der Waals surface area contributed by atoms with Crippen molar-refractivity contribution >= 4 is 17.5 Å². The Morgan fingerprint density at radius 1 is 1.21 bits per heavy atom. The van der Waals surface area contributed by atoms with E-state index in [-0.39, 0.29) is 18.2 Å². The second-order valence-electron chi connectivity index (χ2n) is 4.75. The molecule has 104 valence electrons. The van der Waals surface area contributed by atoms with Crippen LogP contribution in [0.3, 0.4) is 0 Å². The zero-order chi connectivity index (χ0) is 14.3. The summed E-state index contributed by atoms with van der Waals surface area (Å²) in [5.74, 6) is -0.396. The lowest BCUT2D eigenvalue weighted by Crippen LogP contribution is -2.27. The Kier molecular flexibility index (Phi) is 6.02. The molecule has 1 rings (SSSR count). The number of hydrogen-bond donors (Lipinski definition) is 3. The summed E-state index contributed by atoms with van der Waals surface area (Å²) in [6, 6.07) is 7.48. The normalized spacial score (nSPS) is 10.5. The summed E-state index contributed by atoms with van der Waals surface area (Å²) in [7, 11) is 0. The molecule has 0 aliphatic heterocycles. The van der Waals surface area contributed by atoms with Gasteiger partial charge in [0.05, 0.1) is 6.42 Å². The van der Waals surface area contributed by atoms with Gasteiger partial charge in [-0.15, -0.1) is 0 Å². The minimum atomic E-state index is -0.364. The standard InChI is InChI=1S/C14H21N3O2/c1-10(2)16-8-7-14(19)17-12-5-3-11(4-6-12)9-13(15)18/h3-6,10,16H,7-9H2,1-2H3,(H2,15,18)(H,17,19). The molecule has 2 amide bonds. The van der Waals surface area contributed by atoms with E-state index in [9.17, 15) is 9.59 Å². The topological polar surface area (TPSA) is 84.2 Å². The van der Waals surface area contributed by atoms with E-state index in [0.29, 0.717) is 19.0 Å². The first-order valence-corrected chi connectivity index (χ1v) is 6.38. The van der Waals surface area contributed by atoms with Crippen LogP contribution in [0.1, 0.15) is 25.8 Å². The monoisotopic (exact) mass is 263 g/mol. The van der Waals surface area contributed by atoms with Crippen LogP contribution in [0.25, 0.3) is 0 Å². The molecular weight excluding hydrogens is 242 g/mol. The quantitative estimate of drug-likeness (QED) is 0.687. The molecule has 0 unspecified atom stereocenters. The largest absolute Gasteiger partial charge is 0.369 e. The van der Waals surface area contributed by atoms with E-state index in [1.807, 2.05) is 13.8 Å². The first kappa shape index (κ1) is 15.2. The molecule has 0 aromatic heterocycles. The number of hydrogen-bond acceptors (Lipinski definition) is 3. The van der Waals surface area contributed by atoms with Crippen LogP contribution in [0, 0.1) is 0 Å². The molecule has 19 heavy (non-hydrogen) atoms. The number of benzene rings is 1. The second-order valence-corrected chi connectivity index (χ2v) is 4.75. The Hall–Kier alpha value is -1.88. The maximum absolute atomic E-state index is 11.6. The second kappa shape index (κ2) is 7.53. The van der Waals surface area contributed by atoms with Crippen molar-refractivity contribution in [2.45, 2.75) is 32.7 Å². The molecule has 1 aromatic carbocycles. The molecule has 0 bridgehead atoms. The molecule has 4 N–H and O–H groups in total. The van der Waals surface area contributed by atoms with Crippen LogP contribution < -0.4 is 16.4 Å². The fourth-order valence-electron chi connectivity index (χ4n) is 1.60. The van der Waals surface area contributed by atoms with Gasteiger partial charge in [-0.05, 0) is 17.7 Å². The summed E-state index contributed by atoms with van der Waals surface area (Å²) in [4.78, 5) is 22.4. The maximum atomic E-state index is 11.6. The van der Waals surface area contributed by atoms with E-state index in [1.165, 1.54) is 0 Å². The van der Waals surface area contributed by atoms with Gasteiger partial charge in [0.2, 0.25) is 11.8 Å². The van der Waals surface area contributed by atoms with Crippen LogP contribution in [0.5, 0.6) is 0 Å². The number of carbonyl (C=O) groups is 2. The van der Waals surface area contributed by atoms with Gasteiger partial charge in [-0.2, -0.15) is 0 Å². The predicted molar refractivity (Wildman–Crippen MR) is 75.7 cm³/mol. The van der Waals surface area contributed by atoms with E-state index in [1.54, 1.807) is 24.3 Å². The van der Waals surface area contributed by atoms with Crippen molar-refractivity contribution in [1.29, 1.82) is 0 Å². The molecule has 0 saturated heterocycles. The highest BCUT2D eigenvalue weighted by molar-refractivity contribution is 5.90. The highest BCUT2D eigenvalue weighted by atomic mass is 16.1. The van der Waals surface area contributed by atoms with Crippen LogP contribution in [0.15, 0.2) is 24.3 Å². The molecule has 5 nitrogen and oxygen atoms in total. The number of anilines is 1. The Morgan fingerprint density at radius 2 is 1.84 bits per heavy atom. The summed E-state index contributed by atoms with van der Waals surface area (Å²) in [6.45, 7) is 4.73. The van der Waals surface area contributed by atoms with Crippen molar-refractivity contribution in [1.82, 2.24) is 5.32 Å². The molecule has 0 aliphatic carbocycles. The summed E-state index contributed by atoms with van der Waals surface area (Å²) in [5, 5.41) is 5.98. The maximum Gasteiger partial charge on any atom is 0.225 e. The Labute approximate surface area is 113 Å². The van der Waals surface area contributed by atoms with Crippen molar-refractivity contribution in [3.8, 4) is 0 Å². The number of rotatable bonds is 7. The minimum absolute atomic E-state index is 0.0317. The van der Waals surface area contributed by atoms with Crippen molar-refractivity contribution < 1.29 is 9.59 Å². The van der Waals surface area contributed by atoms with Gasteiger partial charge in [-0.25, -0.2) is 0 Å². The Morgan fingerprint density at radius 3 is 2.37 bits per heavy atom. The number of carbonyl (C=O) groups excluding carboxylic acids is 2. The smallest absolute Gasteiger partial charge is 0.225 e. The van der Waals surface area contributed by atoms with Crippen LogP contribution >= 0.6 is 0 Å². The molecular formula is C14H21N3O2. The fourth-order valence-corrected chi connectivity index (χ4v) is 1.60. The molecule has 0 radical (unpaired) electrons. The Balaban J connectivity index is 2.40. The molecule has 0 fully saturated rings. The van der Waals surface area contributed by atoms with Gasteiger partial charge in [-0.3, -0.25) is 9.59 Å². The fraction of sp³-hybridized carbons (Fsp3) is 0.429. The summed E-state index contributed by atoms with van der Waals surface area (Å²) >= 11 is 0. The average Bonchev–Trinajstić information content (AvgIpc) is 2.30. The summed E-state index contributed by atoms with van der Waals surface area (Å²) < 4.78 is 0.